The third kappa shape index (κ3) is 2.50. The maximum Gasteiger partial charge on any atom is 0.306 e. The van der Waals surface area contributed by atoms with Gasteiger partial charge in [0, 0.05) is 11.8 Å². The summed E-state index contributed by atoms with van der Waals surface area (Å²) in [7, 11) is 0. The average Bonchev–Trinajstić information content (AvgIpc) is 2.95. The SMILES string of the molecule is CC(C(=O)O)[C@H]1CC[C@H]2[C@@H]3[C@H](O)CC4=CC(=O)CC[C@]4(C)[C@H]3C[C@H](O)[C@]12C. The van der Waals surface area contributed by atoms with E-state index in [1.165, 1.54) is 0 Å². The molecular weight excluding hydrogens is 344 g/mol. The number of carboxylic acid groups (broad SMARTS) is 1. The van der Waals surface area contributed by atoms with Gasteiger partial charge in [-0.1, -0.05) is 26.3 Å². The first-order valence-corrected chi connectivity index (χ1v) is 10.4. The summed E-state index contributed by atoms with van der Waals surface area (Å²) >= 11 is 0. The second-order valence-corrected chi connectivity index (χ2v) is 10.0. The van der Waals surface area contributed by atoms with Gasteiger partial charge in [-0.05, 0) is 67.3 Å². The van der Waals surface area contributed by atoms with E-state index in [-0.39, 0.29) is 34.9 Å². The first-order valence-electron chi connectivity index (χ1n) is 10.4. The van der Waals surface area contributed by atoms with Crippen molar-refractivity contribution in [1.82, 2.24) is 0 Å². The molecule has 4 aliphatic carbocycles. The lowest BCUT2D eigenvalue weighted by Crippen LogP contribution is -2.60. The van der Waals surface area contributed by atoms with Crippen LogP contribution in [0.4, 0.5) is 0 Å². The molecule has 0 aromatic carbocycles. The van der Waals surface area contributed by atoms with Crippen LogP contribution in [0, 0.1) is 40.4 Å². The number of ketones is 1. The zero-order valence-corrected chi connectivity index (χ0v) is 16.5. The quantitative estimate of drug-likeness (QED) is 0.689. The number of fused-ring (bicyclic) bond motifs is 5. The molecule has 9 atom stereocenters. The number of carbonyl (C=O) groups is 2. The van der Waals surface area contributed by atoms with Crippen molar-refractivity contribution in [3.05, 3.63) is 11.6 Å². The first-order chi connectivity index (χ1) is 12.6. The fourth-order valence-corrected chi connectivity index (χ4v) is 7.52. The Morgan fingerprint density at radius 2 is 1.93 bits per heavy atom. The van der Waals surface area contributed by atoms with Gasteiger partial charge in [-0.2, -0.15) is 0 Å². The number of carboxylic acids is 1. The molecule has 3 N–H and O–H groups in total. The lowest BCUT2D eigenvalue weighted by Gasteiger charge is -2.61. The standard InChI is InChI=1S/C22H32O5/c1-11(20(26)27)14-4-5-15-19-16(10-18(25)22(14,15)3)21(2)7-6-13(23)8-12(21)9-17(19)24/h8,11,14-19,24-25H,4-7,9-10H2,1-3H3,(H,26,27)/t11?,14-,15+,16+,17-,18+,19+,21+,22-/m1/s1. The van der Waals surface area contributed by atoms with E-state index in [0.717, 1.165) is 24.8 Å². The van der Waals surface area contributed by atoms with Gasteiger partial charge in [0.1, 0.15) is 0 Å². The third-order valence-electron chi connectivity index (χ3n) is 9.16. The largest absolute Gasteiger partial charge is 0.481 e. The highest BCUT2D eigenvalue weighted by molar-refractivity contribution is 5.91. The molecule has 0 amide bonds. The van der Waals surface area contributed by atoms with Crippen LogP contribution in [-0.4, -0.2) is 39.3 Å². The van der Waals surface area contributed by atoms with Gasteiger partial charge in [0.05, 0.1) is 18.1 Å². The molecule has 0 aliphatic heterocycles. The smallest absolute Gasteiger partial charge is 0.306 e. The Balaban J connectivity index is 1.73. The monoisotopic (exact) mass is 376 g/mol. The van der Waals surface area contributed by atoms with Crippen LogP contribution in [0.5, 0.6) is 0 Å². The molecule has 4 rings (SSSR count). The van der Waals surface area contributed by atoms with Crippen molar-refractivity contribution < 1.29 is 24.9 Å². The lowest BCUT2D eigenvalue weighted by molar-refractivity contribution is -0.173. The van der Waals surface area contributed by atoms with E-state index in [2.05, 4.69) is 13.8 Å². The summed E-state index contributed by atoms with van der Waals surface area (Å²) < 4.78 is 0. The fourth-order valence-electron chi connectivity index (χ4n) is 7.52. The molecule has 0 saturated heterocycles. The van der Waals surface area contributed by atoms with Crippen LogP contribution in [0.3, 0.4) is 0 Å². The normalized spacial score (nSPS) is 50.3. The number of rotatable bonds is 2. The summed E-state index contributed by atoms with van der Waals surface area (Å²) in [5.74, 6) is -0.878. The van der Waals surface area contributed by atoms with Crippen molar-refractivity contribution in [3.63, 3.8) is 0 Å². The third-order valence-corrected chi connectivity index (χ3v) is 9.16. The van der Waals surface area contributed by atoms with Crippen molar-refractivity contribution in [3.8, 4) is 0 Å². The first kappa shape index (κ1) is 19.1. The molecule has 1 unspecified atom stereocenters. The van der Waals surface area contributed by atoms with Gasteiger partial charge in [-0.3, -0.25) is 9.59 Å². The summed E-state index contributed by atoms with van der Waals surface area (Å²) in [6, 6.07) is 0. The summed E-state index contributed by atoms with van der Waals surface area (Å²) in [6.45, 7) is 6.02. The molecule has 27 heavy (non-hydrogen) atoms. The Morgan fingerprint density at radius 3 is 2.59 bits per heavy atom. The molecular formula is C22H32O5. The van der Waals surface area contributed by atoms with Crippen LogP contribution in [0.1, 0.15) is 59.3 Å². The van der Waals surface area contributed by atoms with Gasteiger partial charge in [0.2, 0.25) is 0 Å². The van der Waals surface area contributed by atoms with E-state index < -0.39 is 29.5 Å². The van der Waals surface area contributed by atoms with Crippen LogP contribution in [-0.2, 0) is 9.59 Å². The second kappa shape index (κ2) is 6.15. The van der Waals surface area contributed by atoms with Crippen LogP contribution in [0.15, 0.2) is 11.6 Å². The van der Waals surface area contributed by atoms with E-state index in [9.17, 15) is 24.9 Å². The molecule has 0 spiro atoms. The van der Waals surface area contributed by atoms with Crippen molar-refractivity contribution in [2.45, 2.75) is 71.5 Å². The number of carbonyl (C=O) groups excluding carboxylic acids is 1. The van der Waals surface area contributed by atoms with Gasteiger partial charge >= 0.3 is 5.97 Å². The highest BCUT2D eigenvalue weighted by atomic mass is 16.4. The zero-order chi connectivity index (χ0) is 19.7. The summed E-state index contributed by atoms with van der Waals surface area (Å²) in [5.41, 5.74) is 0.440. The minimum atomic E-state index is -0.802. The van der Waals surface area contributed by atoms with Crippen molar-refractivity contribution in [1.29, 1.82) is 0 Å². The van der Waals surface area contributed by atoms with Crippen LogP contribution >= 0.6 is 0 Å². The van der Waals surface area contributed by atoms with Gasteiger partial charge < -0.3 is 15.3 Å². The van der Waals surface area contributed by atoms with E-state index >= 15 is 0 Å². The zero-order valence-electron chi connectivity index (χ0n) is 16.5. The lowest BCUT2D eigenvalue weighted by atomic mass is 9.45. The van der Waals surface area contributed by atoms with E-state index in [4.69, 9.17) is 0 Å². The Labute approximate surface area is 160 Å². The molecule has 3 fully saturated rings. The van der Waals surface area contributed by atoms with Gasteiger partial charge in [-0.15, -0.1) is 0 Å². The molecule has 5 nitrogen and oxygen atoms in total. The Kier molecular flexibility index (Phi) is 4.36. The summed E-state index contributed by atoms with van der Waals surface area (Å²) in [5, 5.41) is 31.9. The number of aliphatic carboxylic acids is 1. The maximum atomic E-state index is 11.9. The Bertz CT molecular complexity index is 699. The molecule has 150 valence electrons. The van der Waals surface area contributed by atoms with Crippen LogP contribution < -0.4 is 0 Å². The number of hydrogen-bond donors (Lipinski definition) is 3. The fraction of sp³-hybridized carbons (Fsp3) is 0.818. The van der Waals surface area contributed by atoms with Crippen LogP contribution in [0.25, 0.3) is 0 Å². The van der Waals surface area contributed by atoms with Gasteiger partial charge in [0.15, 0.2) is 5.78 Å². The van der Waals surface area contributed by atoms with E-state index in [0.29, 0.717) is 19.3 Å². The van der Waals surface area contributed by atoms with Crippen molar-refractivity contribution >= 4 is 11.8 Å². The molecule has 4 aliphatic rings. The summed E-state index contributed by atoms with van der Waals surface area (Å²) in [6.07, 6.45) is 4.75. The molecule has 0 heterocycles. The highest BCUT2D eigenvalue weighted by Gasteiger charge is 2.65. The number of aliphatic hydroxyl groups excluding tert-OH is 2. The second-order valence-electron chi connectivity index (χ2n) is 10.0. The predicted octanol–water partition coefficient (Wildman–Crippen LogP) is 2.80. The minimum Gasteiger partial charge on any atom is -0.481 e. The molecule has 5 heteroatoms. The van der Waals surface area contributed by atoms with Crippen LogP contribution in [0.2, 0.25) is 0 Å². The average molecular weight is 376 g/mol. The Hall–Kier alpha value is -1.20. The molecule has 0 radical (unpaired) electrons. The molecule has 0 bridgehead atoms. The predicted molar refractivity (Wildman–Crippen MR) is 99.8 cm³/mol. The van der Waals surface area contributed by atoms with Crippen molar-refractivity contribution in [2.75, 3.05) is 0 Å². The van der Waals surface area contributed by atoms with E-state index in [1.807, 2.05) is 0 Å². The maximum absolute atomic E-state index is 11.9. The summed E-state index contributed by atoms with van der Waals surface area (Å²) in [4.78, 5) is 23.6. The van der Waals surface area contributed by atoms with Gasteiger partial charge in [-0.25, -0.2) is 0 Å². The molecule has 0 aromatic rings. The minimum absolute atomic E-state index is 0.0687. The Morgan fingerprint density at radius 1 is 1.22 bits per heavy atom. The topological polar surface area (TPSA) is 94.8 Å². The van der Waals surface area contributed by atoms with Crippen molar-refractivity contribution in [2.24, 2.45) is 40.4 Å². The number of aliphatic hydroxyl groups is 2. The molecule has 0 aromatic heterocycles. The van der Waals surface area contributed by atoms with Gasteiger partial charge in [0.25, 0.3) is 0 Å². The molecule has 3 saturated carbocycles. The van der Waals surface area contributed by atoms with E-state index in [1.54, 1.807) is 13.0 Å². The number of hydrogen-bond acceptors (Lipinski definition) is 4. The highest BCUT2D eigenvalue weighted by Crippen LogP contribution is 2.67.